The Labute approximate surface area is 327 Å². The molecular formula is C37H32ClN11O8. The Bertz CT molecular complexity index is 2460. The van der Waals surface area contributed by atoms with Crippen LogP contribution in [0.4, 0.5) is 26.7 Å². The Morgan fingerprint density at radius 1 is 0.877 bits per heavy atom. The molecule has 1 atom stereocenters. The molecule has 0 radical (unpaired) electrons. The predicted molar refractivity (Wildman–Crippen MR) is 202 cm³/mol. The molecule has 2 aliphatic rings. The quantitative estimate of drug-likeness (QED) is 0.156. The van der Waals surface area contributed by atoms with Gasteiger partial charge in [0.1, 0.15) is 18.1 Å². The second-order valence-corrected chi connectivity index (χ2v) is 13.7. The highest BCUT2D eigenvalue weighted by molar-refractivity contribution is 6.41. The molecule has 4 N–H and O–H groups in total. The lowest BCUT2D eigenvalue weighted by molar-refractivity contribution is -0.149. The molecule has 290 valence electrons. The molecule has 0 aliphatic carbocycles. The standard InChI is InChI=1S/C37H32ClN11O8/c38-24-3-7-28(48-20-40-43-44-48)29(18-24)46-13-14-47(34(52)33(46)51)30(15-21-1-4-25(5-2-21)42-36(55)45-11-9-22(19-39)10-12-45)32(50)41-26-6-8-27-23(16-26)17-31(35(53)54)49(27)37(56)57/h1-8,16-18,20,22,30H,9-15H2,(H,41,50)(H,42,55)(H,53,54)(H,56,57)/t30-/m0/s1. The van der Waals surface area contributed by atoms with Gasteiger partial charge in [-0.1, -0.05) is 23.7 Å². The fourth-order valence-electron chi connectivity index (χ4n) is 6.94. The molecule has 5 amide bonds. The first-order valence-corrected chi connectivity index (χ1v) is 17.9. The van der Waals surface area contributed by atoms with Gasteiger partial charge in [0.25, 0.3) is 0 Å². The van der Waals surface area contributed by atoms with Gasteiger partial charge in [-0.3, -0.25) is 14.4 Å². The Morgan fingerprint density at radius 3 is 2.28 bits per heavy atom. The number of anilines is 3. The third-order valence-corrected chi connectivity index (χ3v) is 10.1. The van der Waals surface area contributed by atoms with Crippen LogP contribution in [0.15, 0.2) is 73.1 Å². The smallest absolute Gasteiger partial charge is 0.416 e. The third-order valence-electron chi connectivity index (χ3n) is 9.83. The minimum atomic E-state index is -1.50. The van der Waals surface area contributed by atoms with Gasteiger partial charge >= 0.3 is 29.9 Å². The minimum absolute atomic E-state index is 0.0347. The fraction of sp³-hybridized carbons (Fsp3) is 0.243. The highest BCUT2D eigenvalue weighted by atomic mass is 35.5. The van der Waals surface area contributed by atoms with Crippen LogP contribution >= 0.6 is 11.6 Å². The number of aromatic nitrogens is 5. The van der Waals surface area contributed by atoms with Crippen LogP contribution < -0.4 is 15.5 Å². The van der Waals surface area contributed by atoms with Crippen molar-refractivity contribution in [3.8, 4) is 11.8 Å². The molecule has 2 fully saturated rings. The second kappa shape index (κ2) is 15.8. The zero-order chi connectivity index (χ0) is 40.4. The van der Waals surface area contributed by atoms with Gasteiger partial charge in [-0.15, -0.1) is 5.10 Å². The van der Waals surface area contributed by atoms with Crippen molar-refractivity contribution in [3.05, 3.63) is 89.3 Å². The summed E-state index contributed by atoms with van der Waals surface area (Å²) in [6, 6.07) is 17.3. The summed E-state index contributed by atoms with van der Waals surface area (Å²) in [5, 5.41) is 45.6. The number of carbonyl (C=O) groups excluding carboxylic acids is 4. The zero-order valence-corrected chi connectivity index (χ0v) is 30.5. The van der Waals surface area contributed by atoms with E-state index in [1.165, 1.54) is 40.2 Å². The van der Waals surface area contributed by atoms with Crippen molar-refractivity contribution in [2.75, 3.05) is 41.7 Å². The number of nitrogens with one attached hydrogen (secondary N) is 2. The van der Waals surface area contributed by atoms with Crippen LogP contribution in [0.3, 0.4) is 0 Å². The molecule has 4 heterocycles. The van der Waals surface area contributed by atoms with E-state index < -0.39 is 41.5 Å². The first kappa shape index (κ1) is 38.0. The molecule has 3 aromatic carbocycles. The van der Waals surface area contributed by atoms with Crippen LogP contribution in [0.1, 0.15) is 28.9 Å². The molecule has 7 rings (SSSR count). The number of carboxylic acids is 1. The molecule has 0 bridgehead atoms. The highest BCUT2D eigenvalue weighted by Crippen LogP contribution is 2.31. The fourth-order valence-corrected chi connectivity index (χ4v) is 7.11. The summed E-state index contributed by atoms with van der Waals surface area (Å²) < 4.78 is 1.93. The van der Waals surface area contributed by atoms with Crippen LogP contribution in [-0.4, -0.2) is 113 Å². The number of tetrazole rings is 1. The molecule has 5 aromatic rings. The van der Waals surface area contributed by atoms with E-state index in [-0.39, 0.29) is 58.8 Å². The van der Waals surface area contributed by atoms with Crippen LogP contribution in [0.25, 0.3) is 16.6 Å². The van der Waals surface area contributed by atoms with Crippen molar-refractivity contribution in [2.24, 2.45) is 5.92 Å². The Morgan fingerprint density at radius 2 is 1.61 bits per heavy atom. The molecule has 20 heteroatoms. The van der Waals surface area contributed by atoms with Gasteiger partial charge in [0.2, 0.25) is 5.91 Å². The van der Waals surface area contributed by atoms with Gasteiger partial charge in [0.15, 0.2) is 0 Å². The summed E-state index contributed by atoms with van der Waals surface area (Å²) in [5.41, 5.74) is 1.47. The van der Waals surface area contributed by atoms with Crippen molar-refractivity contribution in [3.63, 3.8) is 0 Å². The summed E-state index contributed by atoms with van der Waals surface area (Å²) in [7, 11) is 0. The summed E-state index contributed by atoms with van der Waals surface area (Å²) in [5.74, 6) is -4.15. The number of benzene rings is 3. The molecule has 2 saturated heterocycles. The van der Waals surface area contributed by atoms with Gasteiger partial charge in [0.05, 0.1) is 23.0 Å². The van der Waals surface area contributed by atoms with Gasteiger partial charge in [-0.05, 0) is 83.4 Å². The van der Waals surface area contributed by atoms with E-state index in [0.29, 0.717) is 47.4 Å². The summed E-state index contributed by atoms with van der Waals surface area (Å²) in [4.78, 5) is 82.5. The number of halogens is 1. The minimum Gasteiger partial charge on any atom is -0.477 e. The van der Waals surface area contributed by atoms with Gasteiger partial charge in [-0.2, -0.15) is 9.94 Å². The zero-order valence-electron chi connectivity index (χ0n) is 29.8. The number of carbonyl (C=O) groups is 6. The molecular weight excluding hydrogens is 762 g/mol. The van der Waals surface area contributed by atoms with Gasteiger partial charge in [-0.25, -0.2) is 19.0 Å². The van der Waals surface area contributed by atoms with Crippen molar-refractivity contribution in [1.82, 2.24) is 34.6 Å². The summed E-state index contributed by atoms with van der Waals surface area (Å²) >= 11 is 6.29. The summed E-state index contributed by atoms with van der Waals surface area (Å²) in [6.45, 7) is 0.791. The first-order valence-electron chi connectivity index (χ1n) is 17.5. The van der Waals surface area contributed by atoms with Crippen LogP contribution in [0, 0.1) is 17.2 Å². The number of nitriles is 1. The molecule has 0 unspecified atom stereocenters. The van der Waals surface area contributed by atoms with E-state index >= 15 is 0 Å². The number of piperidine rings is 1. The topological polar surface area (TPSA) is 249 Å². The summed E-state index contributed by atoms with van der Waals surface area (Å²) in [6.07, 6.45) is 0.937. The number of rotatable bonds is 9. The normalized spacial score (nSPS) is 15.3. The van der Waals surface area contributed by atoms with E-state index in [4.69, 9.17) is 16.9 Å². The maximum absolute atomic E-state index is 14.2. The van der Waals surface area contributed by atoms with Crippen LogP contribution in [0.5, 0.6) is 0 Å². The number of hydrogen-bond donors (Lipinski definition) is 4. The van der Waals surface area contributed by atoms with E-state index in [9.17, 15) is 39.0 Å². The van der Waals surface area contributed by atoms with Crippen molar-refractivity contribution < 1.29 is 39.0 Å². The van der Waals surface area contributed by atoms with Crippen LogP contribution in [-0.2, 0) is 20.8 Å². The van der Waals surface area contributed by atoms with Crippen molar-refractivity contribution in [1.29, 1.82) is 5.26 Å². The number of carboxylic acid groups (broad SMARTS) is 2. The van der Waals surface area contributed by atoms with E-state index in [1.54, 1.807) is 41.3 Å². The lowest BCUT2D eigenvalue weighted by Gasteiger charge is -2.38. The Kier molecular flexibility index (Phi) is 10.5. The van der Waals surface area contributed by atoms with Gasteiger partial charge in [0, 0.05) is 60.3 Å². The average Bonchev–Trinajstić information content (AvgIpc) is 3.88. The van der Waals surface area contributed by atoms with Gasteiger partial charge < -0.3 is 35.5 Å². The SMILES string of the molecule is N#CC1CCN(C(=O)Nc2ccc(C[C@@H](C(=O)Nc3ccc4c(c3)cc(C(=O)O)n4C(=O)O)N3CCN(c4cc(Cl)ccc4-n4cnnn4)C(=O)C3=O)cc2)CC1. The van der Waals surface area contributed by atoms with Crippen molar-refractivity contribution in [2.45, 2.75) is 25.3 Å². The lowest BCUT2D eigenvalue weighted by Crippen LogP contribution is -2.60. The molecule has 0 saturated carbocycles. The third kappa shape index (κ3) is 7.79. The lowest BCUT2D eigenvalue weighted by atomic mass is 9.99. The largest absolute Gasteiger partial charge is 0.477 e. The Balaban J connectivity index is 1.15. The highest BCUT2D eigenvalue weighted by Gasteiger charge is 2.41. The van der Waals surface area contributed by atoms with E-state index in [0.717, 1.165) is 11.0 Å². The molecule has 2 aromatic heterocycles. The number of fused-ring (bicyclic) bond motifs is 1. The maximum Gasteiger partial charge on any atom is 0.416 e. The Hall–Kier alpha value is -7.33. The van der Waals surface area contributed by atoms with E-state index in [1.807, 2.05) is 0 Å². The van der Waals surface area contributed by atoms with E-state index in [2.05, 4.69) is 32.2 Å². The maximum atomic E-state index is 14.2. The van der Waals surface area contributed by atoms with Crippen LogP contribution in [0.2, 0.25) is 5.02 Å². The monoisotopic (exact) mass is 793 g/mol. The molecule has 19 nitrogen and oxygen atoms in total. The van der Waals surface area contributed by atoms with Crippen molar-refractivity contribution >= 4 is 75.4 Å². The molecule has 2 aliphatic heterocycles. The molecule has 57 heavy (non-hydrogen) atoms. The number of nitrogens with zero attached hydrogens (tertiary/aromatic N) is 9. The molecule has 0 spiro atoms. The first-order chi connectivity index (χ1) is 27.4. The second-order valence-electron chi connectivity index (χ2n) is 13.3. The number of hydrogen-bond acceptors (Lipinski definition) is 10. The number of urea groups is 1. The number of amides is 5. The average molecular weight is 794 g/mol. The number of likely N-dealkylation sites (tertiary alicyclic amines) is 1. The number of aromatic carboxylic acids is 1. The predicted octanol–water partition coefficient (Wildman–Crippen LogP) is 3.69. The number of piperazine rings is 1.